The van der Waals surface area contributed by atoms with Gasteiger partial charge in [0.15, 0.2) is 0 Å². The number of nitrogens with one attached hydrogen (secondary N) is 1. The van der Waals surface area contributed by atoms with E-state index in [1.165, 1.54) is 12.0 Å². The van der Waals surface area contributed by atoms with Gasteiger partial charge in [0.1, 0.15) is 5.82 Å². The van der Waals surface area contributed by atoms with Crippen LogP contribution in [0.25, 0.3) is 11.4 Å². The number of hydrogen-bond acceptors (Lipinski definition) is 5. The standard InChI is InChI=1S/C22H30N4O2/c1-3-26-10-9-20-19(15-26)22(27)24-21(23-20)17-7-4-6-16(12-17)13-25(2)14-18-8-5-11-28-18/h4,6-7,12,18H,3,5,8-11,13-15H2,1-2H3,(H,23,24,27)/t18-/m1/s1. The molecule has 6 heteroatoms. The minimum absolute atomic E-state index is 0.000877. The van der Waals surface area contributed by atoms with Gasteiger partial charge >= 0.3 is 0 Å². The van der Waals surface area contributed by atoms with E-state index in [2.05, 4.69) is 40.9 Å². The van der Waals surface area contributed by atoms with Crippen molar-refractivity contribution in [3.05, 3.63) is 51.4 Å². The van der Waals surface area contributed by atoms with Crippen LogP contribution in [0.5, 0.6) is 0 Å². The molecular formula is C22H30N4O2. The summed E-state index contributed by atoms with van der Waals surface area (Å²) in [6.45, 7) is 7.45. The SMILES string of the molecule is CCN1CCc2nc(-c3cccc(CN(C)C[C@H]4CCCO4)c3)[nH]c(=O)c2C1. The summed E-state index contributed by atoms with van der Waals surface area (Å²) in [4.78, 5) is 25.0. The summed E-state index contributed by atoms with van der Waals surface area (Å²) in [6.07, 6.45) is 3.51. The minimum Gasteiger partial charge on any atom is -0.377 e. The van der Waals surface area contributed by atoms with Gasteiger partial charge in [0, 0.05) is 44.8 Å². The molecule has 0 spiro atoms. The Hall–Kier alpha value is -2.02. The van der Waals surface area contributed by atoms with E-state index < -0.39 is 0 Å². The van der Waals surface area contributed by atoms with Crippen LogP contribution in [0.15, 0.2) is 29.1 Å². The fraction of sp³-hybridized carbons (Fsp3) is 0.545. The molecule has 1 N–H and O–H groups in total. The monoisotopic (exact) mass is 382 g/mol. The van der Waals surface area contributed by atoms with E-state index in [1.807, 2.05) is 12.1 Å². The highest BCUT2D eigenvalue weighted by molar-refractivity contribution is 5.56. The van der Waals surface area contributed by atoms with Crippen molar-refractivity contribution in [1.29, 1.82) is 0 Å². The lowest BCUT2D eigenvalue weighted by atomic mass is 10.1. The minimum atomic E-state index is -0.000877. The lowest BCUT2D eigenvalue weighted by molar-refractivity contribution is 0.0793. The van der Waals surface area contributed by atoms with Crippen LogP contribution in [0.2, 0.25) is 0 Å². The smallest absolute Gasteiger partial charge is 0.255 e. The number of H-pyrrole nitrogens is 1. The van der Waals surface area contributed by atoms with E-state index >= 15 is 0 Å². The van der Waals surface area contributed by atoms with Crippen molar-refractivity contribution in [2.75, 3.05) is 33.3 Å². The molecule has 0 saturated carbocycles. The topological polar surface area (TPSA) is 61.5 Å². The van der Waals surface area contributed by atoms with Crippen molar-refractivity contribution < 1.29 is 4.74 Å². The predicted molar refractivity (Wildman–Crippen MR) is 110 cm³/mol. The first-order valence-electron chi connectivity index (χ1n) is 10.4. The van der Waals surface area contributed by atoms with E-state index in [0.29, 0.717) is 18.5 Å². The molecule has 0 bridgehead atoms. The molecule has 0 amide bonds. The summed E-state index contributed by atoms with van der Waals surface area (Å²) in [7, 11) is 2.13. The molecule has 2 aromatic rings. The lowest BCUT2D eigenvalue weighted by Gasteiger charge is -2.26. The van der Waals surface area contributed by atoms with Crippen LogP contribution in [0.3, 0.4) is 0 Å². The summed E-state index contributed by atoms with van der Waals surface area (Å²) in [5.74, 6) is 0.678. The molecule has 4 rings (SSSR count). The average molecular weight is 383 g/mol. The first-order valence-corrected chi connectivity index (χ1v) is 10.4. The van der Waals surface area contributed by atoms with Gasteiger partial charge in [-0.15, -0.1) is 0 Å². The molecule has 3 heterocycles. The van der Waals surface area contributed by atoms with Gasteiger partial charge in [-0.05, 0) is 38.1 Å². The third-order valence-electron chi connectivity index (χ3n) is 5.79. The zero-order valence-electron chi connectivity index (χ0n) is 16.9. The van der Waals surface area contributed by atoms with Crippen molar-refractivity contribution in [1.82, 2.24) is 19.8 Å². The van der Waals surface area contributed by atoms with Crippen LogP contribution in [-0.4, -0.2) is 59.2 Å². The summed E-state index contributed by atoms with van der Waals surface area (Å²) in [6, 6.07) is 8.33. The van der Waals surface area contributed by atoms with E-state index in [9.17, 15) is 4.79 Å². The van der Waals surface area contributed by atoms with Crippen LogP contribution in [-0.2, 0) is 24.2 Å². The Kier molecular flexibility index (Phi) is 5.90. The second kappa shape index (κ2) is 8.55. The van der Waals surface area contributed by atoms with Crippen molar-refractivity contribution in [2.45, 2.75) is 45.4 Å². The number of likely N-dealkylation sites (N-methyl/N-ethyl adjacent to an activating group) is 2. The van der Waals surface area contributed by atoms with E-state index in [1.54, 1.807) is 0 Å². The molecule has 0 aliphatic carbocycles. The van der Waals surface area contributed by atoms with Crippen molar-refractivity contribution in [3.8, 4) is 11.4 Å². The molecule has 1 saturated heterocycles. The Morgan fingerprint density at radius 3 is 3.07 bits per heavy atom. The largest absolute Gasteiger partial charge is 0.377 e. The van der Waals surface area contributed by atoms with Gasteiger partial charge < -0.3 is 9.72 Å². The summed E-state index contributed by atoms with van der Waals surface area (Å²) in [5.41, 5.74) is 3.96. The first kappa shape index (κ1) is 19.3. The van der Waals surface area contributed by atoms with Crippen molar-refractivity contribution in [2.24, 2.45) is 0 Å². The van der Waals surface area contributed by atoms with E-state index in [0.717, 1.165) is 62.4 Å². The Morgan fingerprint density at radius 2 is 2.29 bits per heavy atom. The van der Waals surface area contributed by atoms with Gasteiger partial charge in [-0.1, -0.05) is 25.1 Å². The molecular weight excluding hydrogens is 352 g/mol. The number of aromatic nitrogens is 2. The highest BCUT2D eigenvalue weighted by Gasteiger charge is 2.21. The van der Waals surface area contributed by atoms with Gasteiger partial charge in [0.05, 0.1) is 17.4 Å². The zero-order valence-corrected chi connectivity index (χ0v) is 16.9. The van der Waals surface area contributed by atoms with E-state index in [-0.39, 0.29) is 5.56 Å². The number of ether oxygens (including phenoxy) is 1. The summed E-state index contributed by atoms with van der Waals surface area (Å²) in [5, 5.41) is 0. The van der Waals surface area contributed by atoms with Gasteiger partial charge in [-0.3, -0.25) is 14.6 Å². The molecule has 1 aromatic heterocycles. The fourth-order valence-corrected chi connectivity index (χ4v) is 4.22. The highest BCUT2D eigenvalue weighted by Crippen LogP contribution is 2.21. The van der Waals surface area contributed by atoms with Gasteiger partial charge in [0.25, 0.3) is 5.56 Å². The second-order valence-electron chi connectivity index (χ2n) is 7.99. The summed E-state index contributed by atoms with van der Waals surface area (Å²) < 4.78 is 5.74. The predicted octanol–water partition coefficient (Wildman–Crippen LogP) is 2.43. The molecule has 0 unspecified atom stereocenters. The maximum Gasteiger partial charge on any atom is 0.255 e. The van der Waals surface area contributed by atoms with Crippen LogP contribution < -0.4 is 5.56 Å². The first-order chi connectivity index (χ1) is 13.6. The highest BCUT2D eigenvalue weighted by atomic mass is 16.5. The molecule has 0 radical (unpaired) electrons. The lowest BCUT2D eigenvalue weighted by Crippen LogP contribution is -2.35. The maximum atomic E-state index is 12.6. The molecule has 1 atom stereocenters. The molecule has 1 fully saturated rings. The van der Waals surface area contributed by atoms with Crippen LogP contribution >= 0.6 is 0 Å². The average Bonchev–Trinajstić information content (AvgIpc) is 3.20. The molecule has 6 nitrogen and oxygen atoms in total. The molecule has 2 aliphatic rings. The second-order valence-corrected chi connectivity index (χ2v) is 7.99. The molecule has 28 heavy (non-hydrogen) atoms. The third-order valence-corrected chi connectivity index (χ3v) is 5.79. The number of hydrogen-bond donors (Lipinski definition) is 1. The van der Waals surface area contributed by atoms with E-state index in [4.69, 9.17) is 9.72 Å². The Labute approximate surface area is 166 Å². The molecule has 2 aliphatic heterocycles. The Bertz CT molecular complexity index is 873. The number of rotatable bonds is 6. The number of aromatic amines is 1. The van der Waals surface area contributed by atoms with Gasteiger partial charge in [0.2, 0.25) is 0 Å². The third kappa shape index (κ3) is 4.35. The van der Waals surface area contributed by atoms with Crippen molar-refractivity contribution >= 4 is 0 Å². The Morgan fingerprint density at radius 1 is 1.39 bits per heavy atom. The molecule has 150 valence electrons. The Balaban J connectivity index is 1.51. The normalized spacial score (nSPS) is 19.9. The fourth-order valence-electron chi connectivity index (χ4n) is 4.22. The number of fused-ring (bicyclic) bond motifs is 1. The number of nitrogens with zero attached hydrogens (tertiary/aromatic N) is 3. The molecule has 1 aromatic carbocycles. The van der Waals surface area contributed by atoms with Gasteiger partial charge in [-0.25, -0.2) is 4.98 Å². The quantitative estimate of drug-likeness (QED) is 0.831. The van der Waals surface area contributed by atoms with Crippen LogP contribution in [0.4, 0.5) is 0 Å². The summed E-state index contributed by atoms with van der Waals surface area (Å²) >= 11 is 0. The van der Waals surface area contributed by atoms with Crippen molar-refractivity contribution in [3.63, 3.8) is 0 Å². The van der Waals surface area contributed by atoms with Crippen LogP contribution in [0, 0.1) is 0 Å². The van der Waals surface area contributed by atoms with Crippen LogP contribution in [0.1, 0.15) is 36.6 Å². The maximum absolute atomic E-state index is 12.6. The number of benzene rings is 1. The van der Waals surface area contributed by atoms with Gasteiger partial charge in [-0.2, -0.15) is 0 Å². The zero-order chi connectivity index (χ0) is 19.5.